The lowest BCUT2D eigenvalue weighted by atomic mass is 10.1. The van der Waals surface area contributed by atoms with E-state index in [2.05, 4.69) is 4.98 Å². The van der Waals surface area contributed by atoms with Gasteiger partial charge in [0, 0.05) is 17.3 Å². The summed E-state index contributed by atoms with van der Waals surface area (Å²) in [6.45, 7) is 0. The standard InChI is InChI=1S/C13H11F3N2O/c1-19-12-7-10(17)6-11(18-12)8-2-4-9(5-3-8)13(14,15)16/h2-7H,1H3,(H2,17,18). The van der Waals surface area contributed by atoms with E-state index in [1.807, 2.05) is 0 Å². The lowest BCUT2D eigenvalue weighted by Gasteiger charge is -2.08. The Labute approximate surface area is 107 Å². The summed E-state index contributed by atoms with van der Waals surface area (Å²) in [5.41, 5.74) is 6.41. The molecule has 0 aliphatic rings. The van der Waals surface area contributed by atoms with Gasteiger partial charge in [0.25, 0.3) is 0 Å². The van der Waals surface area contributed by atoms with Gasteiger partial charge in [0.2, 0.25) is 5.88 Å². The smallest absolute Gasteiger partial charge is 0.416 e. The number of halogens is 3. The molecule has 1 aromatic carbocycles. The maximum Gasteiger partial charge on any atom is 0.416 e. The van der Waals surface area contributed by atoms with Gasteiger partial charge in [-0.1, -0.05) is 12.1 Å². The Bertz CT molecular complexity index is 579. The number of alkyl halides is 3. The Hall–Kier alpha value is -2.24. The second-order valence-corrected chi connectivity index (χ2v) is 3.90. The second-order valence-electron chi connectivity index (χ2n) is 3.90. The lowest BCUT2D eigenvalue weighted by molar-refractivity contribution is -0.137. The largest absolute Gasteiger partial charge is 0.481 e. The molecule has 0 saturated carbocycles. The number of pyridine rings is 1. The molecule has 0 amide bonds. The average Bonchev–Trinajstić information content (AvgIpc) is 2.37. The van der Waals surface area contributed by atoms with Crippen LogP contribution >= 0.6 is 0 Å². The van der Waals surface area contributed by atoms with Crippen molar-refractivity contribution in [2.24, 2.45) is 0 Å². The van der Waals surface area contributed by atoms with Crippen molar-refractivity contribution in [3.8, 4) is 17.1 Å². The molecule has 1 aromatic heterocycles. The minimum atomic E-state index is -4.35. The van der Waals surface area contributed by atoms with Crippen LogP contribution in [0.4, 0.5) is 18.9 Å². The molecule has 100 valence electrons. The van der Waals surface area contributed by atoms with E-state index < -0.39 is 11.7 Å². The number of methoxy groups -OCH3 is 1. The number of nitrogens with zero attached hydrogens (tertiary/aromatic N) is 1. The van der Waals surface area contributed by atoms with Crippen LogP contribution in [0.2, 0.25) is 0 Å². The van der Waals surface area contributed by atoms with E-state index in [9.17, 15) is 13.2 Å². The Morgan fingerprint density at radius 2 is 1.74 bits per heavy atom. The summed E-state index contributed by atoms with van der Waals surface area (Å²) in [6.07, 6.45) is -4.35. The van der Waals surface area contributed by atoms with Gasteiger partial charge >= 0.3 is 6.18 Å². The van der Waals surface area contributed by atoms with Gasteiger partial charge in [-0.15, -0.1) is 0 Å². The first-order chi connectivity index (χ1) is 8.90. The molecule has 3 nitrogen and oxygen atoms in total. The van der Waals surface area contributed by atoms with Crippen LogP contribution in [0.5, 0.6) is 5.88 Å². The van der Waals surface area contributed by atoms with E-state index in [-0.39, 0.29) is 0 Å². The van der Waals surface area contributed by atoms with Crippen LogP contribution in [0.15, 0.2) is 36.4 Å². The van der Waals surface area contributed by atoms with Crippen LogP contribution in [0.3, 0.4) is 0 Å². The van der Waals surface area contributed by atoms with Gasteiger partial charge in [-0.05, 0) is 18.2 Å². The number of hydrogen-bond donors (Lipinski definition) is 1. The van der Waals surface area contributed by atoms with E-state index in [1.165, 1.54) is 25.3 Å². The molecule has 0 radical (unpaired) electrons. The zero-order valence-electron chi connectivity index (χ0n) is 10.0. The highest BCUT2D eigenvalue weighted by molar-refractivity contribution is 5.64. The van der Waals surface area contributed by atoms with Crippen LogP contribution in [0.25, 0.3) is 11.3 Å². The van der Waals surface area contributed by atoms with Crippen molar-refractivity contribution in [3.63, 3.8) is 0 Å². The molecule has 0 fully saturated rings. The lowest BCUT2D eigenvalue weighted by Crippen LogP contribution is -2.04. The van der Waals surface area contributed by atoms with Crippen molar-refractivity contribution < 1.29 is 17.9 Å². The fourth-order valence-corrected chi connectivity index (χ4v) is 1.61. The molecule has 1 heterocycles. The molecule has 19 heavy (non-hydrogen) atoms. The third kappa shape index (κ3) is 2.96. The highest BCUT2D eigenvalue weighted by Gasteiger charge is 2.30. The van der Waals surface area contributed by atoms with Crippen LogP contribution < -0.4 is 10.5 Å². The van der Waals surface area contributed by atoms with E-state index in [0.717, 1.165) is 12.1 Å². The first-order valence-corrected chi connectivity index (χ1v) is 5.39. The van der Waals surface area contributed by atoms with E-state index in [1.54, 1.807) is 6.07 Å². The minimum absolute atomic E-state index is 0.315. The molecule has 0 atom stereocenters. The van der Waals surface area contributed by atoms with Gasteiger partial charge in [-0.2, -0.15) is 13.2 Å². The Morgan fingerprint density at radius 3 is 2.26 bits per heavy atom. The van der Waals surface area contributed by atoms with Crippen LogP contribution in [0.1, 0.15) is 5.56 Å². The van der Waals surface area contributed by atoms with Crippen molar-refractivity contribution in [1.82, 2.24) is 4.98 Å². The quantitative estimate of drug-likeness (QED) is 0.908. The summed E-state index contributed by atoms with van der Waals surface area (Å²) in [5.74, 6) is 0.315. The fourth-order valence-electron chi connectivity index (χ4n) is 1.61. The molecule has 2 N–H and O–H groups in total. The summed E-state index contributed by atoms with van der Waals surface area (Å²) >= 11 is 0. The van der Waals surface area contributed by atoms with Gasteiger partial charge in [0.1, 0.15) is 0 Å². The van der Waals surface area contributed by atoms with Crippen LogP contribution in [0, 0.1) is 0 Å². The average molecular weight is 268 g/mol. The summed E-state index contributed by atoms with van der Waals surface area (Å²) in [6, 6.07) is 7.83. The molecule has 2 rings (SSSR count). The molecular weight excluding hydrogens is 257 g/mol. The zero-order valence-corrected chi connectivity index (χ0v) is 10.0. The summed E-state index contributed by atoms with van der Waals surface area (Å²) in [5, 5.41) is 0. The highest BCUT2D eigenvalue weighted by Crippen LogP contribution is 2.31. The number of rotatable bonds is 2. The fraction of sp³-hybridized carbons (Fsp3) is 0.154. The molecule has 0 saturated heterocycles. The highest BCUT2D eigenvalue weighted by atomic mass is 19.4. The number of hydrogen-bond acceptors (Lipinski definition) is 3. The first-order valence-electron chi connectivity index (χ1n) is 5.39. The molecular formula is C13H11F3N2O. The van der Waals surface area contributed by atoms with Crippen LogP contribution in [-0.2, 0) is 6.18 Å². The molecule has 0 aliphatic heterocycles. The van der Waals surface area contributed by atoms with E-state index in [4.69, 9.17) is 10.5 Å². The van der Waals surface area contributed by atoms with Crippen molar-refractivity contribution in [2.75, 3.05) is 12.8 Å². The molecule has 0 bridgehead atoms. The molecule has 2 aromatic rings. The normalized spacial score (nSPS) is 11.4. The molecule has 0 aliphatic carbocycles. The number of ether oxygens (including phenoxy) is 1. The second kappa shape index (κ2) is 4.79. The number of anilines is 1. The van der Waals surface area contributed by atoms with E-state index >= 15 is 0 Å². The predicted octanol–water partition coefficient (Wildman–Crippen LogP) is 3.36. The van der Waals surface area contributed by atoms with Gasteiger partial charge < -0.3 is 10.5 Å². The van der Waals surface area contributed by atoms with Gasteiger partial charge in [-0.25, -0.2) is 4.98 Å². The Balaban J connectivity index is 2.40. The molecule has 6 heteroatoms. The Kier molecular flexibility index (Phi) is 3.33. The van der Waals surface area contributed by atoms with Gasteiger partial charge in [0.05, 0.1) is 18.4 Å². The summed E-state index contributed by atoms with van der Waals surface area (Å²) in [7, 11) is 1.44. The number of benzene rings is 1. The SMILES string of the molecule is COc1cc(N)cc(-c2ccc(C(F)(F)F)cc2)n1. The number of aromatic nitrogens is 1. The van der Waals surface area contributed by atoms with Crippen molar-refractivity contribution >= 4 is 5.69 Å². The van der Waals surface area contributed by atoms with Gasteiger partial charge in [-0.3, -0.25) is 0 Å². The maximum absolute atomic E-state index is 12.4. The number of nitrogens with two attached hydrogens (primary N) is 1. The van der Waals surface area contributed by atoms with Gasteiger partial charge in [0.15, 0.2) is 0 Å². The van der Waals surface area contributed by atoms with Crippen molar-refractivity contribution in [1.29, 1.82) is 0 Å². The summed E-state index contributed by atoms with van der Waals surface area (Å²) in [4.78, 5) is 4.13. The maximum atomic E-state index is 12.4. The van der Waals surface area contributed by atoms with E-state index in [0.29, 0.717) is 22.8 Å². The molecule has 0 spiro atoms. The third-order valence-corrected chi connectivity index (χ3v) is 2.54. The van der Waals surface area contributed by atoms with Crippen molar-refractivity contribution in [2.45, 2.75) is 6.18 Å². The topological polar surface area (TPSA) is 48.1 Å². The predicted molar refractivity (Wildman–Crippen MR) is 65.6 cm³/mol. The summed E-state index contributed by atoms with van der Waals surface area (Å²) < 4.78 is 42.3. The monoisotopic (exact) mass is 268 g/mol. The van der Waals surface area contributed by atoms with Crippen molar-refractivity contribution in [3.05, 3.63) is 42.0 Å². The Morgan fingerprint density at radius 1 is 1.11 bits per heavy atom. The molecule has 0 unspecified atom stereocenters. The third-order valence-electron chi connectivity index (χ3n) is 2.54. The minimum Gasteiger partial charge on any atom is -0.481 e. The first kappa shape index (κ1) is 13.2. The van der Waals surface area contributed by atoms with Crippen LogP contribution in [-0.4, -0.2) is 12.1 Å². The number of nitrogen functional groups attached to an aromatic ring is 1. The zero-order chi connectivity index (χ0) is 14.0.